The Morgan fingerprint density at radius 2 is 2.00 bits per heavy atom. The number of nitrogens with one attached hydrogen (secondary N) is 1. The largest absolute Gasteiger partial charge is 0.399 e. The standard InChI is InChI=1S/C13H21N3O3S/c1-16(2)13(17)11-6-5-10(14)9-12(11)15-7-4-8-20(3,18)19/h5-6,9,15H,4,7-8,14H2,1-3H3. The molecule has 0 aliphatic heterocycles. The first kappa shape index (κ1) is 16.3. The average molecular weight is 299 g/mol. The van der Waals surface area contributed by atoms with Gasteiger partial charge in [0.2, 0.25) is 0 Å². The molecule has 0 bridgehead atoms. The summed E-state index contributed by atoms with van der Waals surface area (Å²) in [4.78, 5) is 13.5. The van der Waals surface area contributed by atoms with Gasteiger partial charge in [0.05, 0.1) is 11.3 Å². The molecular weight excluding hydrogens is 278 g/mol. The van der Waals surface area contributed by atoms with Crippen LogP contribution in [0.1, 0.15) is 16.8 Å². The Hall–Kier alpha value is -1.76. The topological polar surface area (TPSA) is 92.5 Å². The Kier molecular flexibility index (Phi) is 5.38. The zero-order chi connectivity index (χ0) is 15.3. The minimum absolute atomic E-state index is 0.110. The summed E-state index contributed by atoms with van der Waals surface area (Å²) in [6.45, 7) is 0.463. The van der Waals surface area contributed by atoms with Crippen LogP contribution in [0.2, 0.25) is 0 Å². The van der Waals surface area contributed by atoms with Crippen LogP contribution < -0.4 is 11.1 Å². The number of nitrogens with two attached hydrogens (primary N) is 1. The van der Waals surface area contributed by atoms with Gasteiger partial charge in [-0.05, 0) is 24.6 Å². The maximum atomic E-state index is 12.0. The van der Waals surface area contributed by atoms with Crippen LogP contribution in [0.4, 0.5) is 11.4 Å². The second-order valence-electron chi connectivity index (χ2n) is 4.91. The number of carbonyl (C=O) groups is 1. The van der Waals surface area contributed by atoms with E-state index in [0.29, 0.717) is 29.9 Å². The summed E-state index contributed by atoms with van der Waals surface area (Å²) in [5.74, 6) is -0.0187. The third-order valence-electron chi connectivity index (χ3n) is 2.69. The molecule has 0 aliphatic rings. The third kappa shape index (κ3) is 5.08. The van der Waals surface area contributed by atoms with E-state index in [4.69, 9.17) is 5.73 Å². The van der Waals surface area contributed by atoms with Gasteiger partial charge in [0.25, 0.3) is 5.91 Å². The molecule has 0 atom stereocenters. The molecule has 0 saturated carbocycles. The third-order valence-corrected chi connectivity index (χ3v) is 3.72. The Bertz CT molecular complexity index is 583. The van der Waals surface area contributed by atoms with Crippen molar-refractivity contribution in [3.8, 4) is 0 Å². The van der Waals surface area contributed by atoms with E-state index in [-0.39, 0.29) is 11.7 Å². The van der Waals surface area contributed by atoms with Crippen LogP contribution in [-0.2, 0) is 9.84 Å². The van der Waals surface area contributed by atoms with Crippen LogP contribution in [0.25, 0.3) is 0 Å². The van der Waals surface area contributed by atoms with E-state index in [2.05, 4.69) is 5.32 Å². The number of anilines is 2. The van der Waals surface area contributed by atoms with Crippen molar-refractivity contribution in [1.29, 1.82) is 0 Å². The Balaban J connectivity index is 2.78. The van der Waals surface area contributed by atoms with Crippen LogP contribution in [0.15, 0.2) is 18.2 Å². The molecule has 0 aromatic heterocycles. The molecule has 1 rings (SSSR count). The molecule has 112 valence electrons. The molecule has 0 saturated heterocycles. The second-order valence-corrected chi connectivity index (χ2v) is 7.17. The summed E-state index contributed by atoms with van der Waals surface area (Å²) < 4.78 is 22.1. The number of sulfone groups is 1. The van der Waals surface area contributed by atoms with Crippen LogP contribution in [0.5, 0.6) is 0 Å². The van der Waals surface area contributed by atoms with Gasteiger partial charge in [0.1, 0.15) is 9.84 Å². The number of nitrogen functional groups attached to an aromatic ring is 1. The van der Waals surface area contributed by atoms with Gasteiger partial charge >= 0.3 is 0 Å². The van der Waals surface area contributed by atoms with Gasteiger partial charge in [-0.3, -0.25) is 4.79 Å². The maximum Gasteiger partial charge on any atom is 0.255 e. The first-order valence-corrected chi connectivity index (χ1v) is 8.29. The number of benzene rings is 1. The van der Waals surface area contributed by atoms with Crippen molar-refractivity contribution in [2.24, 2.45) is 0 Å². The lowest BCUT2D eigenvalue weighted by molar-refractivity contribution is 0.0828. The van der Waals surface area contributed by atoms with Gasteiger partial charge in [0, 0.05) is 38.3 Å². The van der Waals surface area contributed by atoms with Crippen LogP contribution in [-0.4, -0.2) is 51.9 Å². The van der Waals surface area contributed by atoms with Crippen LogP contribution in [0.3, 0.4) is 0 Å². The Morgan fingerprint density at radius 1 is 1.35 bits per heavy atom. The van der Waals surface area contributed by atoms with Gasteiger partial charge < -0.3 is 16.0 Å². The summed E-state index contributed by atoms with van der Waals surface area (Å²) in [7, 11) is 0.379. The van der Waals surface area contributed by atoms with Gasteiger partial charge in [-0.25, -0.2) is 8.42 Å². The smallest absolute Gasteiger partial charge is 0.255 e. The number of hydrogen-bond donors (Lipinski definition) is 2. The van der Waals surface area contributed by atoms with Crippen molar-refractivity contribution < 1.29 is 13.2 Å². The minimum Gasteiger partial charge on any atom is -0.399 e. The molecular formula is C13H21N3O3S. The molecule has 0 spiro atoms. The highest BCUT2D eigenvalue weighted by atomic mass is 32.2. The highest BCUT2D eigenvalue weighted by molar-refractivity contribution is 7.90. The lowest BCUT2D eigenvalue weighted by Gasteiger charge is -2.16. The van der Waals surface area contributed by atoms with E-state index in [9.17, 15) is 13.2 Å². The van der Waals surface area contributed by atoms with Crippen molar-refractivity contribution in [2.45, 2.75) is 6.42 Å². The van der Waals surface area contributed by atoms with Gasteiger partial charge in [-0.15, -0.1) is 0 Å². The molecule has 1 amide bonds. The number of carbonyl (C=O) groups excluding carboxylic acids is 1. The fourth-order valence-corrected chi connectivity index (χ4v) is 2.36. The summed E-state index contributed by atoms with van der Waals surface area (Å²) in [6, 6.07) is 5.01. The van der Waals surface area contributed by atoms with Crippen molar-refractivity contribution in [1.82, 2.24) is 4.90 Å². The van der Waals surface area contributed by atoms with E-state index in [1.807, 2.05) is 0 Å². The molecule has 3 N–H and O–H groups in total. The van der Waals surface area contributed by atoms with Crippen molar-refractivity contribution >= 4 is 27.1 Å². The molecule has 0 unspecified atom stereocenters. The Morgan fingerprint density at radius 3 is 2.55 bits per heavy atom. The van der Waals surface area contributed by atoms with Gasteiger partial charge in [-0.1, -0.05) is 0 Å². The van der Waals surface area contributed by atoms with Gasteiger partial charge in [0.15, 0.2) is 0 Å². The minimum atomic E-state index is -2.97. The van der Waals surface area contributed by atoms with E-state index in [1.54, 1.807) is 32.3 Å². The molecule has 1 aromatic rings. The zero-order valence-corrected chi connectivity index (χ0v) is 12.8. The zero-order valence-electron chi connectivity index (χ0n) is 12.0. The van der Waals surface area contributed by atoms with E-state index in [1.165, 1.54) is 11.2 Å². The molecule has 0 fully saturated rings. The highest BCUT2D eigenvalue weighted by Gasteiger charge is 2.13. The van der Waals surface area contributed by atoms with Crippen molar-refractivity contribution in [2.75, 3.05) is 43.7 Å². The Labute approximate surface area is 119 Å². The summed E-state index contributed by atoms with van der Waals surface area (Å²) in [6.07, 6.45) is 1.68. The van der Waals surface area contributed by atoms with E-state index < -0.39 is 9.84 Å². The lowest BCUT2D eigenvalue weighted by atomic mass is 10.1. The quantitative estimate of drug-likeness (QED) is 0.599. The van der Waals surface area contributed by atoms with Crippen molar-refractivity contribution in [3.05, 3.63) is 23.8 Å². The van der Waals surface area contributed by atoms with Crippen molar-refractivity contribution in [3.63, 3.8) is 0 Å². The summed E-state index contributed by atoms with van der Waals surface area (Å²) >= 11 is 0. The van der Waals surface area contributed by atoms with Crippen LogP contribution in [0, 0.1) is 0 Å². The van der Waals surface area contributed by atoms with E-state index in [0.717, 1.165) is 0 Å². The molecule has 6 nitrogen and oxygen atoms in total. The van der Waals surface area contributed by atoms with Gasteiger partial charge in [-0.2, -0.15) is 0 Å². The maximum absolute atomic E-state index is 12.0. The number of nitrogens with zero attached hydrogens (tertiary/aromatic N) is 1. The highest BCUT2D eigenvalue weighted by Crippen LogP contribution is 2.20. The molecule has 0 aliphatic carbocycles. The molecule has 1 aromatic carbocycles. The number of amides is 1. The first-order chi connectivity index (χ1) is 9.20. The molecule has 0 radical (unpaired) electrons. The van der Waals surface area contributed by atoms with Crippen LogP contribution >= 0.6 is 0 Å². The fraction of sp³-hybridized carbons (Fsp3) is 0.462. The summed E-state index contributed by atoms with van der Waals surface area (Å²) in [5.41, 5.74) is 7.40. The van der Waals surface area contributed by atoms with E-state index >= 15 is 0 Å². The first-order valence-electron chi connectivity index (χ1n) is 6.23. The number of rotatable bonds is 6. The number of hydrogen-bond acceptors (Lipinski definition) is 5. The average Bonchev–Trinajstić information content (AvgIpc) is 2.33. The molecule has 7 heteroatoms. The molecule has 0 heterocycles. The predicted octanol–water partition coefficient (Wildman–Crippen LogP) is 0.817. The monoisotopic (exact) mass is 299 g/mol. The lowest BCUT2D eigenvalue weighted by Crippen LogP contribution is -2.23. The molecule has 20 heavy (non-hydrogen) atoms. The predicted molar refractivity (Wildman–Crippen MR) is 81.7 cm³/mol. The second kappa shape index (κ2) is 6.60. The fourth-order valence-electron chi connectivity index (χ4n) is 1.69. The summed E-state index contributed by atoms with van der Waals surface area (Å²) in [5, 5.41) is 3.07. The normalized spacial score (nSPS) is 11.2. The SMILES string of the molecule is CN(C)C(=O)c1ccc(N)cc1NCCCS(C)(=O)=O.